The molecule has 4 aromatic rings. The summed E-state index contributed by atoms with van der Waals surface area (Å²) in [4.78, 5) is 9.62. The van der Waals surface area contributed by atoms with Gasteiger partial charge in [0.05, 0.1) is 17.1 Å². The van der Waals surface area contributed by atoms with Gasteiger partial charge in [0.1, 0.15) is 0 Å². The summed E-state index contributed by atoms with van der Waals surface area (Å²) in [5, 5.41) is 13.7. The molecular formula is C30H31N5. The van der Waals surface area contributed by atoms with Crippen molar-refractivity contribution in [2.75, 3.05) is 36.4 Å². The van der Waals surface area contributed by atoms with Crippen molar-refractivity contribution in [3.05, 3.63) is 84.6 Å². The number of aromatic nitrogens is 1. The Hall–Kier alpha value is -3.88. The fraction of sp³-hybridized carbons (Fsp3) is 0.267. The average molecular weight is 462 g/mol. The highest BCUT2D eigenvalue weighted by Crippen LogP contribution is 2.31. The zero-order valence-corrected chi connectivity index (χ0v) is 20.4. The first kappa shape index (κ1) is 22.9. The molecule has 3 aromatic carbocycles. The van der Waals surface area contributed by atoms with E-state index in [2.05, 4.69) is 82.5 Å². The topological polar surface area (TPSA) is 55.2 Å². The highest BCUT2D eigenvalue weighted by atomic mass is 15.2. The third kappa shape index (κ3) is 4.84. The van der Waals surface area contributed by atoms with E-state index in [4.69, 9.17) is 5.26 Å². The summed E-state index contributed by atoms with van der Waals surface area (Å²) in [5.41, 5.74) is 7.17. The maximum absolute atomic E-state index is 9.08. The van der Waals surface area contributed by atoms with Gasteiger partial charge >= 0.3 is 0 Å². The molecule has 0 aliphatic carbocycles. The van der Waals surface area contributed by atoms with Crippen LogP contribution in [0.5, 0.6) is 0 Å². The van der Waals surface area contributed by atoms with Gasteiger partial charge < -0.3 is 10.2 Å². The van der Waals surface area contributed by atoms with E-state index in [1.807, 2.05) is 36.5 Å². The molecule has 176 valence electrons. The van der Waals surface area contributed by atoms with Gasteiger partial charge in [-0.05, 0) is 85.2 Å². The predicted molar refractivity (Wildman–Crippen MR) is 145 cm³/mol. The first-order valence-electron chi connectivity index (χ1n) is 12.4. The Morgan fingerprint density at radius 1 is 0.971 bits per heavy atom. The number of nitrogens with zero attached hydrogens (tertiary/aromatic N) is 4. The van der Waals surface area contributed by atoms with Gasteiger partial charge in [0, 0.05) is 47.8 Å². The highest BCUT2D eigenvalue weighted by Gasteiger charge is 2.26. The highest BCUT2D eigenvalue weighted by molar-refractivity contribution is 5.95. The van der Waals surface area contributed by atoms with E-state index < -0.39 is 0 Å². The first-order valence-corrected chi connectivity index (χ1v) is 12.4. The molecule has 0 amide bonds. The number of anilines is 3. The number of pyridine rings is 1. The molecular weight excluding hydrogens is 430 g/mol. The Morgan fingerprint density at radius 2 is 1.71 bits per heavy atom. The molecule has 5 rings (SSSR count). The first-order chi connectivity index (χ1) is 17.2. The summed E-state index contributed by atoms with van der Waals surface area (Å²) in [5.74, 6) is 0. The summed E-state index contributed by atoms with van der Waals surface area (Å²) >= 11 is 0. The normalized spacial score (nSPS) is 15.5. The number of fused-ring (bicyclic) bond motifs is 1. The van der Waals surface area contributed by atoms with Gasteiger partial charge in [-0.25, -0.2) is 0 Å². The van der Waals surface area contributed by atoms with Crippen LogP contribution in [0.2, 0.25) is 0 Å². The summed E-state index contributed by atoms with van der Waals surface area (Å²) in [6.45, 7) is 8.95. The maximum Gasteiger partial charge on any atom is 0.0991 e. The van der Waals surface area contributed by atoms with Gasteiger partial charge in [0.2, 0.25) is 0 Å². The molecule has 2 heterocycles. The van der Waals surface area contributed by atoms with Crippen LogP contribution in [0.3, 0.4) is 0 Å². The molecule has 1 unspecified atom stereocenters. The van der Waals surface area contributed by atoms with Crippen molar-refractivity contribution in [2.24, 2.45) is 0 Å². The molecule has 1 fully saturated rings. The number of benzene rings is 3. The van der Waals surface area contributed by atoms with E-state index >= 15 is 0 Å². The van der Waals surface area contributed by atoms with Gasteiger partial charge in [-0.15, -0.1) is 0 Å². The average Bonchev–Trinajstić information content (AvgIpc) is 3.40. The zero-order valence-electron chi connectivity index (χ0n) is 20.4. The van der Waals surface area contributed by atoms with Crippen molar-refractivity contribution in [1.29, 1.82) is 5.26 Å². The summed E-state index contributed by atoms with van der Waals surface area (Å²) < 4.78 is 0. The molecule has 5 nitrogen and oxygen atoms in total. The molecule has 1 N–H and O–H groups in total. The van der Waals surface area contributed by atoms with Crippen molar-refractivity contribution < 1.29 is 0 Å². The molecule has 1 aromatic heterocycles. The quantitative estimate of drug-likeness (QED) is 0.343. The zero-order chi connectivity index (χ0) is 24.2. The molecule has 0 saturated carbocycles. The van der Waals surface area contributed by atoms with Crippen LogP contribution in [0.4, 0.5) is 17.1 Å². The Balaban J connectivity index is 1.35. The van der Waals surface area contributed by atoms with Gasteiger partial charge in [-0.2, -0.15) is 5.26 Å². The smallest absolute Gasteiger partial charge is 0.0991 e. The van der Waals surface area contributed by atoms with Crippen molar-refractivity contribution in [2.45, 2.75) is 26.3 Å². The molecule has 1 atom stereocenters. The lowest BCUT2D eigenvalue weighted by molar-refractivity contribution is 0.232. The predicted octanol–water partition coefficient (Wildman–Crippen LogP) is 6.44. The van der Waals surface area contributed by atoms with Crippen molar-refractivity contribution in [1.82, 2.24) is 9.88 Å². The van der Waals surface area contributed by atoms with E-state index in [9.17, 15) is 0 Å². The lowest BCUT2D eigenvalue weighted by Crippen LogP contribution is -2.37. The molecule has 1 aliphatic heterocycles. The second kappa shape index (κ2) is 10.2. The van der Waals surface area contributed by atoms with E-state index in [0.29, 0.717) is 11.6 Å². The van der Waals surface area contributed by atoms with Crippen molar-refractivity contribution in [3.63, 3.8) is 0 Å². The molecule has 0 radical (unpaired) electrons. The van der Waals surface area contributed by atoms with Gasteiger partial charge in [-0.3, -0.25) is 9.88 Å². The van der Waals surface area contributed by atoms with Crippen LogP contribution >= 0.6 is 0 Å². The number of rotatable bonds is 7. The number of nitrogens with one attached hydrogen (secondary N) is 1. The fourth-order valence-electron chi connectivity index (χ4n) is 5.10. The molecule has 0 spiro atoms. The number of hydrogen-bond donors (Lipinski definition) is 1. The van der Waals surface area contributed by atoms with Crippen molar-refractivity contribution >= 4 is 28.0 Å². The number of likely N-dealkylation sites (N-methyl/N-ethyl adjacent to an activating group) is 1. The van der Waals surface area contributed by atoms with Gasteiger partial charge in [0.15, 0.2) is 0 Å². The van der Waals surface area contributed by atoms with E-state index in [1.165, 1.54) is 12.1 Å². The minimum absolute atomic E-state index is 0.649. The second-order valence-electron chi connectivity index (χ2n) is 9.06. The third-order valence-corrected chi connectivity index (χ3v) is 7.09. The number of nitriles is 1. The molecule has 1 aliphatic rings. The van der Waals surface area contributed by atoms with Crippen LogP contribution in [0.25, 0.3) is 22.0 Å². The SMILES string of the molecule is CCN(CC)C1CCN(c2ccc(Nc3ccnc4ccc(-c5ccc(C#N)cc5)cc34)cc2)C1. The lowest BCUT2D eigenvalue weighted by atomic mass is 10.0. The maximum atomic E-state index is 9.08. The second-order valence-corrected chi connectivity index (χ2v) is 9.06. The lowest BCUT2D eigenvalue weighted by Gasteiger charge is -2.26. The van der Waals surface area contributed by atoms with Crippen LogP contribution in [0, 0.1) is 11.3 Å². The Kier molecular flexibility index (Phi) is 6.65. The molecule has 1 saturated heterocycles. The molecule has 35 heavy (non-hydrogen) atoms. The summed E-state index contributed by atoms with van der Waals surface area (Å²) in [6, 6.07) is 27.6. The summed E-state index contributed by atoms with van der Waals surface area (Å²) in [6.07, 6.45) is 3.07. The standard InChI is InChI=1S/C30H31N5/c1-3-34(4-2)27-16-18-35(21-27)26-12-10-25(11-13-26)33-30-15-17-32-29-14-9-24(19-28(29)30)23-7-5-22(20-31)6-8-23/h5-15,17,19,27H,3-4,16,18,21H2,1-2H3,(H,32,33). The van der Waals surface area contributed by atoms with E-state index in [-0.39, 0.29) is 0 Å². The largest absolute Gasteiger partial charge is 0.370 e. The van der Waals surface area contributed by atoms with Crippen LogP contribution in [0.15, 0.2) is 79.0 Å². The Bertz CT molecular complexity index is 1330. The van der Waals surface area contributed by atoms with E-state index in [0.717, 1.165) is 59.6 Å². The van der Waals surface area contributed by atoms with Crippen molar-refractivity contribution in [3.8, 4) is 17.2 Å². The Morgan fingerprint density at radius 3 is 2.43 bits per heavy atom. The van der Waals surface area contributed by atoms with Crippen LogP contribution in [0.1, 0.15) is 25.8 Å². The Labute approximate surface area is 207 Å². The molecule has 0 bridgehead atoms. The fourth-order valence-corrected chi connectivity index (χ4v) is 5.10. The third-order valence-electron chi connectivity index (χ3n) is 7.09. The summed E-state index contributed by atoms with van der Waals surface area (Å²) in [7, 11) is 0. The minimum atomic E-state index is 0.649. The molecule has 5 heteroatoms. The van der Waals surface area contributed by atoms with Crippen LogP contribution < -0.4 is 10.2 Å². The van der Waals surface area contributed by atoms with Crippen LogP contribution in [-0.4, -0.2) is 42.1 Å². The monoisotopic (exact) mass is 461 g/mol. The number of hydrogen-bond acceptors (Lipinski definition) is 5. The van der Waals surface area contributed by atoms with Gasteiger partial charge in [-0.1, -0.05) is 32.0 Å². The van der Waals surface area contributed by atoms with Crippen LogP contribution in [-0.2, 0) is 0 Å². The minimum Gasteiger partial charge on any atom is -0.370 e. The van der Waals surface area contributed by atoms with E-state index in [1.54, 1.807) is 0 Å². The van der Waals surface area contributed by atoms with Gasteiger partial charge in [0.25, 0.3) is 0 Å².